The number of methoxy groups -OCH3 is 1. The number of benzene rings is 1. The molecule has 0 unspecified atom stereocenters. The number of halogens is 2. The smallest absolute Gasteiger partial charge is 0.465 e. The van der Waals surface area contributed by atoms with Gasteiger partial charge >= 0.3 is 13.1 Å². The van der Waals surface area contributed by atoms with Gasteiger partial charge in [0, 0.05) is 5.46 Å². The Balaban J connectivity index is 2.39. The molecule has 4 nitrogen and oxygen atoms in total. The minimum absolute atomic E-state index is 0.0844. The summed E-state index contributed by atoms with van der Waals surface area (Å²) in [5, 5.41) is 0. The Morgan fingerprint density at radius 1 is 1.10 bits per heavy atom. The summed E-state index contributed by atoms with van der Waals surface area (Å²) in [5.74, 6) is -2.60. The average Bonchev–Trinajstić information content (AvgIpc) is 2.59. The molecule has 0 aliphatic carbocycles. The van der Waals surface area contributed by atoms with Gasteiger partial charge in [-0.05, 0) is 39.8 Å². The molecule has 0 radical (unpaired) electrons. The van der Waals surface area contributed by atoms with Crippen LogP contribution >= 0.6 is 0 Å². The maximum atomic E-state index is 14.1. The summed E-state index contributed by atoms with van der Waals surface area (Å²) in [7, 11) is 0.0677. The van der Waals surface area contributed by atoms with Crippen LogP contribution in [0.25, 0.3) is 0 Å². The van der Waals surface area contributed by atoms with Crippen molar-refractivity contribution in [3.05, 3.63) is 29.3 Å². The molecule has 7 heteroatoms. The number of ether oxygens (including phenoxy) is 1. The Morgan fingerprint density at radius 3 is 2.10 bits per heavy atom. The summed E-state index contributed by atoms with van der Waals surface area (Å²) in [6, 6.07) is 1.70. The topological polar surface area (TPSA) is 44.8 Å². The average molecular weight is 298 g/mol. The lowest BCUT2D eigenvalue weighted by atomic mass is 9.78. The van der Waals surface area contributed by atoms with E-state index < -0.39 is 41.5 Å². The Bertz CT molecular complexity index is 571. The number of esters is 1. The normalized spacial score (nSPS) is 19.7. The molecule has 0 saturated carbocycles. The van der Waals surface area contributed by atoms with Gasteiger partial charge in [-0.2, -0.15) is 0 Å². The molecule has 0 atom stereocenters. The number of carbonyl (C=O) groups is 1. The van der Waals surface area contributed by atoms with Crippen molar-refractivity contribution in [1.29, 1.82) is 0 Å². The molecule has 0 N–H and O–H groups in total. The predicted molar refractivity (Wildman–Crippen MR) is 73.4 cm³/mol. The fourth-order valence-electron chi connectivity index (χ4n) is 1.98. The van der Waals surface area contributed by atoms with Crippen LogP contribution in [0.1, 0.15) is 38.1 Å². The van der Waals surface area contributed by atoms with Crippen LogP contribution in [0.3, 0.4) is 0 Å². The third-order valence-electron chi connectivity index (χ3n) is 4.00. The lowest BCUT2D eigenvalue weighted by molar-refractivity contribution is 0.00578. The highest BCUT2D eigenvalue weighted by Crippen LogP contribution is 2.36. The number of rotatable bonds is 2. The zero-order chi connectivity index (χ0) is 16.0. The van der Waals surface area contributed by atoms with Crippen LogP contribution in [0.15, 0.2) is 12.1 Å². The second-order valence-corrected chi connectivity index (χ2v) is 5.93. The van der Waals surface area contributed by atoms with E-state index in [1.807, 2.05) is 27.7 Å². The first-order valence-electron chi connectivity index (χ1n) is 6.52. The van der Waals surface area contributed by atoms with E-state index in [9.17, 15) is 13.6 Å². The molecule has 2 rings (SSSR count). The molecule has 114 valence electrons. The van der Waals surface area contributed by atoms with Crippen LogP contribution in [-0.2, 0) is 14.0 Å². The Kier molecular flexibility index (Phi) is 3.84. The van der Waals surface area contributed by atoms with Gasteiger partial charge in [0.25, 0.3) is 0 Å². The van der Waals surface area contributed by atoms with Gasteiger partial charge in [0.1, 0.15) is 11.6 Å². The molecular weight excluding hydrogens is 281 g/mol. The van der Waals surface area contributed by atoms with E-state index in [1.54, 1.807) is 0 Å². The fourth-order valence-corrected chi connectivity index (χ4v) is 1.98. The quantitative estimate of drug-likeness (QED) is 0.619. The molecule has 1 fully saturated rings. The third kappa shape index (κ3) is 2.67. The Labute approximate surface area is 122 Å². The molecule has 0 bridgehead atoms. The van der Waals surface area contributed by atoms with E-state index in [2.05, 4.69) is 4.74 Å². The van der Waals surface area contributed by atoms with Crippen LogP contribution in [-0.4, -0.2) is 31.4 Å². The van der Waals surface area contributed by atoms with Gasteiger partial charge < -0.3 is 14.0 Å². The van der Waals surface area contributed by atoms with Gasteiger partial charge in [-0.3, -0.25) is 0 Å². The number of hydrogen-bond acceptors (Lipinski definition) is 4. The SMILES string of the molecule is COC(=O)c1cc(F)c(B2OC(C)(C)C(C)(C)O2)cc1F. The zero-order valence-electron chi connectivity index (χ0n) is 12.6. The second-order valence-electron chi connectivity index (χ2n) is 5.93. The summed E-state index contributed by atoms with van der Waals surface area (Å²) in [5.41, 5.74) is -1.88. The summed E-state index contributed by atoms with van der Waals surface area (Å²) in [4.78, 5) is 11.3. The lowest BCUT2D eigenvalue weighted by Gasteiger charge is -2.32. The van der Waals surface area contributed by atoms with E-state index in [0.29, 0.717) is 0 Å². The highest BCUT2D eigenvalue weighted by atomic mass is 19.1. The molecule has 0 spiro atoms. The first-order chi connectivity index (χ1) is 9.59. The molecule has 0 aromatic heterocycles. The molecule has 1 aliphatic rings. The van der Waals surface area contributed by atoms with Crippen molar-refractivity contribution in [1.82, 2.24) is 0 Å². The first-order valence-corrected chi connectivity index (χ1v) is 6.52. The predicted octanol–water partition coefficient (Wildman–Crippen LogP) is 2.05. The van der Waals surface area contributed by atoms with Crippen LogP contribution in [0.2, 0.25) is 0 Å². The van der Waals surface area contributed by atoms with Gasteiger partial charge in [-0.15, -0.1) is 0 Å². The van der Waals surface area contributed by atoms with E-state index in [4.69, 9.17) is 9.31 Å². The van der Waals surface area contributed by atoms with Crippen molar-refractivity contribution < 1.29 is 27.6 Å². The van der Waals surface area contributed by atoms with Gasteiger partial charge in [0.2, 0.25) is 0 Å². The molecule has 21 heavy (non-hydrogen) atoms. The van der Waals surface area contributed by atoms with Crippen LogP contribution < -0.4 is 5.46 Å². The number of carbonyl (C=O) groups excluding carboxylic acids is 1. The summed E-state index contributed by atoms with van der Waals surface area (Å²) >= 11 is 0. The van der Waals surface area contributed by atoms with Crippen LogP contribution in [0.4, 0.5) is 8.78 Å². The van der Waals surface area contributed by atoms with Crippen molar-refractivity contribution in [3.8, 4) is 0 Å². The first kappa shape index (κ1) is 15.9. The van der Waals surface area contributed by atoms with Crippen molar-refractivity contribution in [2.24, 2.45) is 0 Å². The van der Waals surface area contributed by atoms with Gasteiger partial charge in [-0.1, -0.05) is 0 Å². The van der Waals surface area contributed by atoms with Gasteiger partial charge in [-0.25, -0.2) is 13.6 Å². The zero-order valence-corrected chi connectivity index (χ0v) is 12.6. The standard InChI is InChI=1S/C14H17BF2O4/c1-13(2)14(3,4)21-15(20-13)9-7-10(16)8(6-11(9)17)12(18)19-5/h6-7H,1-5H3. The molecule has 1 aromatic carbocycles. The lowest BCUT2D eigenvalue weighted by Crippen LogP contribution is -2.41. The van der Waals surface area contributed by atoms with Crippen molar-refractivity contribution in [3.63, 3.8) is 0 Å². The van der Waals surface area contributed by atoms with E-state index in [-0.39, 0.29) is 5.46 Å². The third-order valence-corrected chi connectivity index (χ3v) is 4.00. The Morgan fingerprint density at radius 2 is 1.62 bits per heavy atom. The second kappa shape index (κ2) is 5.07. The van der Waals surface area contributed by atoms with E-state index in [0.717, 1.165) is 19.2 Å². The maximum Gasteiger partial charge on any atom is 0.497 e. The van der Waals surface area contributed by atoms with Gasteiger partial charge in [0.05, 0.1) is 23.9 Å². The summed E-state index contributed by atoms with van der Waals surface area (Å²) in [6.45, 7) is 7.24. The number of hydrogen-bond donors (Lipinski definition) is 0. The van der Waals surface area contributed by atoms with Crippen LogP contribution in [0, 0.1) is 11.6 Å². The van der Waals surface area contributed by atoms with E-state index >= 15 is 0 Å². The molecular formula is C14H17BF2O4. The summed E-state index contributed by atoms with van der Waals surface area (Å²) in [6.07, 6.45) is 0. The highest BCUT2D eigenvalue weighted by molar-refractivity contribution is 6.62. The maximum absolute atomic E-state index is 14.1. The molecule has 1 aliphatic heterocycles. The van der Waals surface area contributed by atoms with Crippen molar-refractivity contribution in [2.75, 3.05) is 7.11 Å². The molecule has 0 amide bonds. The van der Waals surface area contributed by atoms with Crippen LogP contribution in [0.5, 0.6) is 0 Å². The van der Waals surface area contributed by atoms with E-state index in [1.165, 1.54) is 0 Å². The monoisotopic (exact) mass is 298 g/mol. The Hall–Kier alpha value is -1.47. The van der Waals surface area contributed by atoms with Crippen molar-refractivity contribution >= 4 is 18.6 Å². The molecule has 1 aromatic rings. The largest absolute Gasteiger partial charge is 0.497 e. The molecule has 1 heterocycles. The fraction of sp³-hybridized carbons (Fsp3) is 0.500. The minimum Gasteiger partial charge on any atom is -0.465 e. The van der Waals surface area contributed by atoms with Crippen molar-refractivity contribution in [2.45, 2.75) is 38.9 Å². The highest BCUT2D eigenvalue weighted by Gasteiger charge is 2.52. The molecule has 1 saturated heterocycles. The minimum atomic E-state index is -1.03. The summed E-state index contributed by atoms with van der Waals surface area (Å²) < 4.78 is 43.8. The van der Waals surface area contributed by atoms with Gasteiger partial charge in [0.15, 0.2) is 0 Å².